The molecule has 0 heterocycles. The quantitative estimate of drug-likeness (QED) is 0.691. The van der Waals surface area contributed by atoms with Crippen molar-refractivity contribution in [1.29, 1.82) is 0 Å². The van der Waals surface area contributed by atoms with Crippen LogP contribution in [0.5, 0.6) is 0 Å². The van der Waals surface area contributed by atoms with Crippen LogP contribution in [-0.4, -0.2) is 25.6 Å². The molecule has 0 bridgehead atoms. The van der Waals surface area contributed by atoms with E-state index in [2.05, 4.69) is 32.5 Å². The van der Waals surface area contributed by atoms with E-state index >= 15 is 0 Å². The Labute approximate surface area is 113 Å². The second kappa shape index (κ2) is 8.42. The Hall–Kier alpha value is 0.310. The smallest absolute Gasteiger partial charge is 0.00209 e. The Morgan fingerprint density at radius 2 is 2.00 bits per heavy atom. The highest BCUT2D eigenvalue weighted by molar-refractivity contribution is 7.98. The van der Waals surface area contributed by atoms with Crippen molar-refractivity contribution in [1.82, 2.24) is 5.32 Å². The first-order valence-electron chi connectivity index (χ1n) is 7.32. The number of rotatable bonds is 7. The molecule has 0 radical (unpaired) electrons. The minimum atomic E-state index is 0.883. The summed E-state index contributed by atoms with van der Waals surface area (Å²) >= 11 is 2.00. The van der Waals surface area contributed by atoms with E-state index in [9.17, 15) is 0 Å². The summed E-state index contributed by atoms with van der Waals surface area (Å²) in [6, 6.07) is 0. The summed E-state index contributed by atoms with van der Waals surface area (Å²) in [4.78, 5) is 0. The lowest BCUT2D eigenvalue weighted by Crippen LogP contribution is -2.33. The summed E-state index contributed by atoms with van der Waals surface area (Å²) in [7, 11) is 2.10. The van der Waals surface area contributed by atoms with Gasteiger partial charge >= 0.3 is 0 Å². The van der Waals surface area contributed by atoms with Crippen molar-refractivity contribution in [3.63, 3.8) is 0 Å². The summed E-state index contributed by atoms with van der Waals surface area (Å²) in [6.45, 7) is 6.04. The first-order valence-corrected chi connectivity index (χ1v) is 8.72. The van der Waals surface area contributed by atoms with Gasteiger partial charge in [0.05, 0.1) is 0 Å². The molecule has 1 nitrogen and oxygen atoms in total. The first kappa shape index (κ1) is 15.4. The maximum Gasteiger partial charge on any atom is -0.00209 e. The minimum absolute atomic E-state index is 0.883. The van der Waals surface area contributed by atoms with Crippen LogP contribution in [0, 0.1) is 23.7 Å². The molecule has 0 saturated heterocycles. The van der Waals surface area contributed by atoms with Crippen LogP contribution < -0.4 is 5.32 Å². The molecule has 0 aromatic rings. The maximum absolute atomic E-state index is 3.40. The molecule has 1 saturated carbocycles. The fraction of sp³-hybridized carbons (Fsp3) is 1.00. The van der Waals surface area contributed by atoms with Crippen LogP contribution in [0.3, 0.4) is 0 Å². The Morgan fingerprint density at radius 1 is 1.24 bits per heavy atom. The van der Waals surface area contributed by atoms with E-state index in [1.807, 2.05) is 11.8 Å². The van der Waals surface area contributed by atoms with Crippen LogP contribution in [0.1, 0.15) is 46.0 Å². The standard InChI is InChI=1S/C15H31NS/c1-12(2)13-7-8-15(11-16-3)14(10-13)6-5-9-17-4/h12-16H,5-11H2,1-4H3. The molecule has 0 aromatic carbocycles. The average molecular weight is 257 g/mol. The van der Waals surface area contributed by atoms with Gasteiger partial charge in [-0.3, -0.25) is 0 Å². The molecule has 1 aliphatic rings. The second-order valence-corrected chi connectivity index (χ2v) is 7.02. The van der Waals surface area contributed by atoms with E-state index in [1.165, 1.54) is 44.4 Å². The SMILES string of the molecule is CNCC1CCC(C(C)C)CC1CCCSC. The predicted molar refractivity (Wildman–Crippen MR) is 80.7 cm³/mol. The van der Waals surface area contributed by atoms with E-state index in [-0.39, 0.29) is 0 Å². The molecule has 1 fully saturated rings. The molecule has 1 aliphatic carbocycles. The zero-order chi connectivity index (χ0) is 12.7. The third kappa shape index (κ3) is 5.21. The van der Waals surface area contributed by atoms with Crippen molar-refractivity contribution in [2.75, 3.05) is 25.6 Å². The molecular formula is C15H31NS. The van der Waals surface area contributed by atoms with Gasteiger partial charge in [0.1, 0.15) is 0 Å². The molecule has 3 unspecified atom stereocenters. The van der Waals surface area contributed by atoms with Crippen molar-refractivity contribution in [2.24, 2.45) is 23.7 Å². The Bertz CT molecular complexity index is 193. The van der Waals surface area contributed by atoms with Crippen molar-refractivity contribution < 1.29 is 0 Å². The summed E-state index contributed by atoms with van der Waals surface area (Å²) in [5.74, 6) is 5.14. The zero-order valence-electron chi connectivity index (χ0n) is 12.2. The summed E-state index contributed by atoms with van der Waals surface area (Å²) in [5, 5.41) is 3.40. The van der Waals surface area contributed by atoms with Crippen molar-refractivity contribution in [3.8, 4) is 0 Å². The predicted octanol–water partition coefficient (Wildman–Crippen LogP) is 4.04. The van der Waals surface area contributed by atoms with E-state index in [1.54, 1.807) is 0 Å². The largest absolute Gasteiger partial charge is 0.319 e. The molecule has 0 aromatic heterocycles. The zero-order valence-corrected chi connectivity index (χ0v) is 13.0. The lowest BCUT2D eigenvalue weighted by Gasteiger charge is -2.38. The summed E-state index contributed by atoms with van der Waals surface area (Å²) < 4.78 is 0. The van der Waals surface area contributed by atoms with Gasteiger partial charge in [-0.2, -0.15) is 11.8 Å². The van der Waals surface area contributed by atoms with Gasteiger partial charge in [-0.05, 0) is 81.4 Å². The fourth-order valence-electron chi connectivity index (χ4n) is 3.34. The van der Waals surface area contributed by atoms with Gasteiger partial charge in [0.25, 0.3) is 0 Å². The summed E-state index contributed by atoms with van der Waals surface area (Å²) in [6.07, 6.45) is 9.49. The number of hydrogen-bond acceptors (Lipinski definition) is 2. The van der Waals surface area contributed by atoms with Crippen molar-refractivity contribution in [2.45, 2.75) is 46.0 Å². The fourth-order valence-corrected chi connectivity index (χ4v) is 3.80. The highest BCUT2D eigenvalue weighted by Gasteiger charge is 2.30. The van der Waals surface area contributed by atoms with Gasteiger partial charge in [0.15, 0.2) is 0 Å². The molecule has 0 aliphatic heterocycles. The van der Waals surface area contributed by atoms with Gasteiger partial charge in [0.2, 0.25) is 0 Å². The molecule has 17 heavy (non-hydrogen) atoms. The molecule has 1 N–H and O–H groups in total. The molecular weight excluding hydrogens is 226 g/mol. The highest BCUT2D eigenvalue weighted by atomic mass is 32.2. The molecule has 3 atom stereocenters. The van der Waals surface area contributed by atoms with Gasteiger partial charge in [-0.15, -0.1) is 0 Å². The van der Waals surface area contributed by atoms with E-state index in [4.69, 9.17) is 0 Å². The molecule has 102 valence electrons. The van der Waals surface area contributed by atoms with Crippen LogP contribution in [-0.2, 0) is 0 Å². The van der Waals surface area contributed by atoms with Gasteiger partial charge < -0.3 is 5.32 Å². The van der Waals surface area contributed by atoms with Crippen molar-refractivity contribution in [3.05, 3.63) is 0 Å². The van der Waals surface area contributed by atoms with Crippen LogP contribution in [0.2, 0.25) is 0 Å². The normalized spacial score (nSPS) is 29.8. The topological polar surface area (TPSA) is 12.0 Å². The second-order valence-electron chi connectivity index (χ2n) is 6.03. The molecule has 0 amide bonds. The van der Waals surface area contributed by atoms with E-state index in [0.29, 0.717) is 0 Å². The minimum Gasteiger partial charge on any atom is -0.319 e. The molecule has 1 rings (SSSR count). The number of thioether (sulfide) groups is 1. The van der Waals surface area contributed by atoms with E-state index in [0.717, 1.165) is 23.7 Å². The Balaban J connectivity index is 2.43. The summed E-state index contributed by atoms with van der Waals surface area (Å²) in [5.41, 5.74) is 0. The van der Waals surface area contributed by atoms with Crippen LogP contribution >= 0.6 is 11.8 Å². The third-order valence-electron chi connectivity index (χ3n) is 4.51. The first-order chi connectivity index (χ1) is 8.19. The molecule has 2 heteroatoms. The van der Waals surface area contributed by atoms with Crippen LogP contribution in [0.25, 0.3) is 0 Å². The number of nitrogens with one attached hydrogen (secondary N) is 1. The van der Waals surface area contributed by atoms with Crippen LogP contribution in [0.15, 0.2) is 0 Å². The Kier molecular flexibility index (Phi) is 7.61. The van der Waals surface area contributed by atoms with E-state index < -0.39 is 0 Å². The highest BCUT2D eigenvalue weighted by Crippen LogP contribution is 2.39. The number of hydrogen-bond donors (Lipinski definition) is 1. The van der Waals surface area contributed by atoms with Crippen molar-refractivity contribution >= 4 is 11.8 Å². The van der Waals surface area contributed by atoms with Gasteiger partial charge in [-0.1, -0.05) is 13.8 Å². The average Bonchev–Trinajstić information content (AvgIpc) is 2.31. The monoisotopic (exact) mass is 257 g/mol. The lowest BCUT2D eigenvalue weighted by atomic mass is 9.69. The molecule has 0 spiro atoms. The van der Waals surface area contributed by atoms with Gasteiger partial charge in [0, 0.05) is 0 Å². The third-order valence-corrected chi connectivity index (χ3v) is 5.21. The maximum atomic E-state index is 3.40. The Morgan fingerprint density at radius 3 is 2.59 bits per heavy atom. The van der Waals surface area contributed by atoms with Gasteiger partial charge in [-0.25, -0.2) is 0 Å². The van der Waals surface area contributed by atoms with Crippen LogP contribution in [0.4, 0.5) is 0 Å². The lowest BCUT2D eigenvalue weighted by molar-refractivity contribution is 0.139.